The SMILES string of the molecule is CC1(C)OB(c2cnc3ncccc3c2)OC1(C)C. The predicted octanol–water partition coefficient (Wildman–Crippen LogP) is 1.93. The minimum absolute atomic E-state index is 0.332. The molecule has 0 bridgehead atoms. The van der Waals surface area contributed by atoms with E-state index in [1.165, 1.54) is 0 Å². The van der Waals surface area contributed by atoms with Gasteiger partial charge in [-0.3, -0.25) is 0 Å². The monoisotopic (exact) mass is 256 g/mol. The Hall–Kier alpha value is -1.46. The minimum Gasteiger partial charge on any atom is -0.399 e. The third-order valence-electron chi connectivity index (χ3n) is 4.00. The molecule has 5 heteroatoms. The standard InChI is InChI=1S/C14H17BN2O2/c1-13(2)14(3,4)19-15(18-13)11-8-10-6-5-7-16-12(10)17-9-11/h5-9H,1-4H3. The van der Waals surface area contributed by atoms with Gasteiger partial charge in [0.1, 0.15) is 0 Å². The van der Waals surface area contributed by atoms with Crippen molar-refractivity contribution in [2.45, 2.75) is 38.9 Å². The number of hydrogen-bond acceptors (Lipinski definition) is 4. The second-order valence-corrected chi connectivity index (χ2v) is 5.91. The summed E-state index contributed by atoms with van der Waals surface area (Å²) in [6, 6.07) is 5.92. The highest BCUT2D eigenvalue weighted by molar-refractivity contribution is 6.62. The number of nitrogens with zero attached hydrogens (tertiary/aromatic N) is 2. The molecule has 0 saturated carbocycles. The van der Waals surface area contributed by atoms with Gasteiger partial charge in [0.15, 0.2) is 5.65 Å². The lowest BCUT2D eigenvalue weighted by atomic mass is 9.80. The minimum atomic E-state index is -0.373. The van der Waals surface area contributed by atoms with Crippen LogP contribution in [-0.4, -0.2) is 28.3 Å². The van der Waals surface area contributed by atoms with Crippen LogP contribution in [0.25, 0.3) is 11.0 Å². The van der Waals surface area contributed by atoms with Crippen molar-refractivity contribution >= 4 is 23.6 Å². The molecule has 1 aliphatic heterocycles. The van der Waals surface area contributed by atoms with E-state index in [1.54, 1.807) is 12.4 Å². The molecular formula is C14H17BN2O2. The maximum absolute atomic E-state index is 6.02. The molecule has 0 amide bonds. The first-order valence-electron chi connectivity index (χ1n) is 6.45. The normalized spacial score (nSPS) is 20.9. The van der Waals surface area contributed by atoms with E-state index in [1.807, 2.05) is 45.9 Å². The molecule has 0 N–H and O–H groups in total. The summed E-state index contributed by atoms with van der Waals surface area (Å²) in [6.07, 6.45) is 3.52. The molecule has 1 fully saturated rings. The van der Waals surface area contributed by atoms with Crippen molar-refractivity contribution in [1.82, 2.24) is 9.97 Å². The lowest BCUT2D eigenvalue weighted by Crippen LogP contribution is -2.41. The Morgan fingerprint density at radius 2 is 1.74 bits per heavy atom. The molecule has 0 atom stereocenters. The summed E-state index contributed by atoms with van der Waals surface area (Å²) in [5.41, 5.74) is 1.00. The van der Waals surface area contributed by atoms with Crippen LogP contribution in [0.5, 0.6) is 0 Å². The highest BCUT2D eigenvalue weighted by Gasteiger charge is 2.51. The molecule has 3 heterocycles. The Morgan fingerprint density at radius 3 is 2.42 bits per heavy atom. The van der Waals surface area contributed by atoms with E-state index in [9.17, 15) is 0 Å². The van der Waals surface area contributed by atoms with Gasteiger partial charge in [-0.1, -0.05) is 0 Å². The molecule has 2 aromatic rings. The number of hydrogen-bond donors (Lipinski definition) is 0. The van der Waals surface area contributed by atoms with Crippen LogP contribution in [0.3, 0.4) is 0 Å². The summed E-state index contributed by atoms with van der Waals surface area (Å²) in [7, 11) is -0.373. The van der Waals surface area contributed by atoms with Crippen molar-refractivity contribution in [3.8, 4) is 0 Å². The van der Waals surface area contributed by atoms with E-state index in [0.717, 1.165) is 16.5 Å². The molecule has 98 valence electrons. The third-order valence-corrected chi connectivity index (χ3v) is 4.00. The zero-order valence-corrected chi connectivity index (χ0v) is 11.7. The zero-order valence-electron chi connectivity index (χ0n) is 11.7. The van der Waals surface area contributed by atoms with Crippen LogP contribution >= 0.6 is 0 Å². The maximum atomic E-state index is 6.02. The fraction of sp³-hybridized carbons (Fsp3) is 0.429. The lowest BCUT2D eigenvalue weighted by Gasteiger charge is -2.32. The summed E-state index contributed by atoms with van der Waals surface area (Å²) in [4.78, 5) is 8.56. The van der Waals surface area contributed by atoms with Gasteiger partial charge < -0.3 is 9.31 Å². The van der Waals surface area contributed by atoms with Crippen LogP contribution in [0.15, 0.2) is 30.6 Å². The van der Waals surface area contributed by atoms with Gasteiger partial charge in [0, 0.05) is 23.2 Å². The van der Waals surface area contributed by atoms with Crippen LogP contribution in [0.1, 0.15) is 27.7 Å². The summed E-state index contributed by atoms with van der Waals surface area (Å²) >= 11 is 0. The number of pyridine rings is 2. The van der Waals surface area contributed by atoms with E-state index in [4.69, 9.17) is 9.31 Å². The van der Waals surface area contributed by atoms with Gasteiger partial charge in [-0.05, 0) is 45.9 Å². The Morgan fingerprint density at radius 1 is 1.05 bits per heavy atom. The van der Waals surface area contributed by atoms with Crippen molar-refractivity contribution in [1.29, 1.82) is 0 Å². The van der Waals surface area contributed by atoms with Crippen molar-refractivity contribution in [2.24, 2.45) is 0 Å². The average molecular weight is 256 g/mol. The second kappa shape index (κ2) is 4.02. The van der Waals surface area contributed by atoms with Gasteiger partial charge in [-0.2, -0.15) is 0 Å². The second-order valence-electron chi connectivity index (χ2n) is 5.91. The quantitative estimate of drug-likeness (QED) is 0.731. The highest BCUT2D eigenvalue weighted by atomic mass is 16.7. The summed E-state index contributed by atoms with van der Waals surface area (Å²) in [5.74, 6) is 0. The molecule has 1 aliphatic rings. The smallest absolute Gasteiger partial charge is 0.399 e. The first-order chi connectivity index (χ1) is 8.89. The Balaban J connectivity index is 1.98. The van der Waals surface area contributed by atoms with Crippen LogP contribution in [0.2, 0.25) is 0 Å². The van der Waals surface area contributed by atoms with Gasteiger partial charge in [-0.25, -0.2) is 9.97 Å². The molecule has 19 heavy (non-hydrogen) atoms. The largest absolute Gasteiger partial charge is 0.496 e. The molecule has 1 saturated heterocycles. The van der Waals surface area contributed by atoms with Gasteiger partial charge in [-0.15, -0.1) is 0 Å². The van der Waals surface area contributed by atoms with E-state index < -0.39 is 0 Å². The molecule has 2 aromatic heterocycles. The average Bonchev–Trinajstić information content (AvgIpc) is 2.58. The fourth-order valence-corrected chi connectivity index (χ4v) is 2.09. The Bertz CT molecular complexity index is 612. The molecule has 0 aliphatic carbocycles. The molecule has 0 aromatic carbocycles. The first-order valence-corrected chi connectivity index (χ1v) is 6.45. The van der Waals surface area contributed by atoms with Crippen LogP contribution in [-0.2, 0) is 9.31 Å². The zero-order chi connectivity index (χ0) is 13.7. The topological polar surface area (TPSA) is 44.2 Å². The van der Waals surface area contributed by atoms with E-state index in [0.29, 0.717) is 0 Å². The molecular weight excluding hydrogens is 239 g/mol. The molecule has 3 rings (SSSR count). The third kappa shape index (κ3) is 2.03. The Kier molecular flexibility index (Phi) is 2.66. The number of rotatable bonds is 1. The number of aromatic nitrogens is 2. The van der Waals surface area contributed by atoms with Crippen molar-refractivity contribution in [2.75, 3.05) is 0 Å². The molecule has 4 nitrogen and oxygen atoms in total. The van der Waals surface area contributed by atoms with E-state index in [2.05, 4.69) is 9.97 Å². The van der Waals surface area contributed by atoms with E-state index >= 15 is 0 Å². The van der Waals surface area contributed by atoms with Gasteiger partial charge >= 0.3 is 7.12 Å². The molecule has 0 spiro atoms. The van der Waals surface area contributed by atoms with Gasteiger partial charge in [0.2, 0.25) is 0 Å². The van der Waals surface area contributed by atoms with Crippen molar-refractivity contribution in [3.63, 3.8) is 0 Å². The van der Waals surface area contributed by atoms with Gasteiger partial charge in [0.05, 0.1) is 11.2 Å². The van der Waals surface area contributed by atoms with Crippen LogP contribution < -0.4 is 5.46 Å². The van der Waals surface area contributed by atoms with Crippen LogP contribution in [0, 0.1) is 0 Å². The summed E-state index contributed by atoms with van der Waals surface area (Å²) in [5, 5.41) is 0.995. The van der Waals surface area contributed by atoms with E-state index in [-0.39, 0.29) is 18.3 Å². The van der Waals surface area contributed by atoms with Crippen molar-refractivity contribution < 1.29 is 9.31 Å². The lowest BCUT2D eigenvalue weighted by molar-refractivity contribution is 0.00578. The maximum Gasteiger partial charge on any atom is 0.496 e. The molecule has 0 radical (unpaired) electrons. The molecule has 0 unspecified atom stereocenters. The fourth-order valence-electron chi connectivity index (χ4n) is 2.09. The highest BCUT2D eigenvalue weighted by Crippen LogP contribution is 2.36. The first kappa shape index (κ1) is 12.6. The number of fused-ring (bicyclic) bond motifs is 1. The summed E-state index contributed by atoms with van der Waals surface area (Å²) < 4.78 is 12.0. The summed E-state index contributed by atoms with van der Waals surface area (Å²) in [6.45, 7) is 8.18. The Labute approximate surface area is 113 Å². The van der Waals surface area contributed by atoms with Crippen LogP contribution in [0.4, 0.5) is 0 Å². The predicted molar refractivity (Wildman–Crippen MR) is 75.3 cm³/mol. The van der Waals surface area contributed by atoms with Gasteiger partial charge in [0.25, 0.3) is 0 Å². The van der Waals surface area contributed by atoms with Crippen molar-refractivity contribution in [3.05, 3.63) is 30.6 Å².